The molecule has 2 fully saturated rings. The summed E-state index contributed by atoms with van der Waals surface area (Å²) in [6.45, 7) is 3.90. The second kappa shape index (κ2) is 7.40. The van der Waals surface area contributed by atoms with Gasteiger partial charge in [-0.2, -0.15) is 0 Å². The summed E-state index contributed by atoms with van der Waals surface area (Å²) >= 11 is 0. The zero-order valence-corrected chi connectivity index (χ0v) is 16.0. The molecule has 7 nitrogen and oxygen atoms in total. The van der Waals surface area contributed by atoms with Crippen molar-refractivity contribution in [2.75, 3.05) is 33.3 Å². The average Bonchev–Trinajstić information content (AvgIpc) is 3.08. The van der Waals surface area contributed by atoms with Gasteiger partial charge in [-0.05, 0) is 44.5 Å². The van der Waals surface area contributed by atoms with Gasteiger partial charge in [-0.25, -0.2) is 4.98 Å². The molecule has 1 spiro atoms. The summed E-state index contributed by atoms with van der Waals surface area (Å²) in [6, 6.07) is 5.89. The molecule has 1 atom stereocenters. The number of nitrogens with zero attached hydrogens (tertiary/aromatic N) is 5. The summed E-state index contributed by atoms with van der Waals surface area (Å²) < 4.78 is 7.74. The summed E-state index contributed by atoms with van der Waals surface area (Å²) in [5, 5.41) is 0. The summed E-state index contributed by atoms with van der Waals surface area (Å²) in [6.07, 6.45) is 7.45. The Morgan fingerprint density at radius 2 is 2.15 bits per heavy atom. The summed E-state index contributed by atoms with van der Waals surface area (Å²) in [7, 11) is 4.05. The van der Waals surface area contributed by atoms with Crippen molar-refractivity contribution in [3.63, 3.8) is 0 Å². The first-order valence-electron chi connectivity index (χ1n) is 9.52. The van der Waals surface area contributed by atoms with E-state index in [0.29, 0.717) is 18.2 Å². The van der Waals surface area contributed by atoms with Crippen LogP contribution in [0.25, 0.3) is 0 Å². The second-order valence-electron chi connectivity index (χ2n) is 7.93. The first-order valence-corrected chi connectivity index (χ1v) is 9.52. The number of rotatable bonds is 5. The number of aryl methyl sites for hydroxylation is 1. The third-order valence-corrected chi connectivity index (χ3v) is 5.86. The fourth-order valence-corrected chi connectivity index (χ4v) is 4.23. The second-order valence-corrected chi connectivity index (χ2v) is 7.93. The number of imidazole rings is 1. The molecular formula is C20H27N5O2. The number of carbonyl (C=O) groups is 1. The van der Waals surface area contributed by atoms with Crippen molar-refractivity contribution in [2.24, 2.45) is 13.0 Å². The predicted octanol–water partition coefficient (Wildman–Crippen LogP) is 1.57. The molecule has 0 aromatic carbocycles. The third kappa shape index (κ3) is 3.75. The Balaban J connectivity index is 1.30. The lowest BCUT2D eigenvalue weighted by molar-refractivity contribution is -0.0770. The van der Waals surface area contributed by atoms with Gasteiger partial charge < -0.3 is 14.2 Å². The fraction of sp³-hybridized carbons (Fsp3) is 0.550. The van der Waals surface area contributed by atoms with E-state index < -0.39 is 0 Å². The number of likely N-dealkylation sites (tertiary alicyclic amines) is 2. The van der Waals surface area contributed by atoms with Crippen LogP contribution < -0.4 is 0 Å². The van der Waals surface area contributed by atoms with Crippen LogP contribution in [0.3, 0.4) is 0 Å². The van der Waals surface area contributed by atoms with Crippen LogP contribution in [-0.2, 0) is 18.4 Å². The van der Waals surface area contributed by atoms with Gasteiger partial charge in [-0.15, -0.1) is 0 Å². The molecule has 1 unspecified atom stereocenters. The smallest absolute Gasteiger partial charge is 0.274 e. The quantitative estimate of drug-likeness (QED) is 0.801. The zero-order valence-electron chi connectivity index (χ0n) is 16.0. The molecular weight excluding hydrogens is 342 g/mol. The molecule has 4 heterocycles. The van der Waals surface area contributed by atoms with Gasteiger partial charge in [0.25, 0.3) is 5.91 Å². The van der Waals surface area contributed by atoms with E-state index in [9.17, 15) is 4.79 Å². The molecule has 27 heavy (non-hydrogen) atoms. The van der Waals surface area contributed by atoms with E-state index in [4.69, 9.17) is 4.74 Å². The number of hydrogen-bond acceptors (Lipinski definition) is 5. The highest BCUT2D eigenvalue weighted by Crippen LogP contribution is 2.38. The predicted molar refractivity (Wildman–Crippen MR) is 101 cm³/mol. The lowest BCUT2D eigenvalue weighted by atomic mass is 9.75. The van der Waals surface area contributed by atoms with Crippen molar-refractivity contribution in [1.82, 2.24) is 24.3 Å². The normalized spacial score (nSPS) is 22.0. The molecule has 1 amide bonds. The Kier molecular flexibility index (Phi) is 4.97. The van der Waals surface area contributed by atoms with Crippen LogP contribution in [0.2, 0.25) is 0 Å². The van der Waals surface area contributed by atoms with Crippen molar-refractivity contribution in [3.8, 4) is 0 Å². The Hall–Kier alpha value is -2.25. The average molecular weight is 369 g/mol. The van der Waals surface area contributed by atoms with Gasteiger partial charge in [-0.1, -0.05) is 6.07 Å². The number of carbonyl (C=O) groups excluding carboxylic acids is 1. The van der Waals surface area contributed by atoms with Crippen LogP contribution in [-0.4, -0.2) is 69.1 Å². The van der Waals surface area contributed by atoms with E-state index in [1.54, 1.807) is 18.7 Å². The maximum atomic E-state index is 12.6. The van der Waals surface area contributed by atoms with Gasteiger partial charge in [0.05, 0.1) is 30.8 Å². The molecule has 2 aromatic heterocycles. The molecule has 7 heteroatoms. The fourth-order valence-electron chi connectivity index (χ4n) is 4.23. The van der Waals surface area contributed by atoms with Crippen LogP contribution in [0.15, 0.2) is 36.9 Å². The third-order valence-electron chi connectivity index (χ3n) is 5.86. The standard InChI is InChI=1S/C20H27N5O2/c1-23-10-18(22-15-23)19(26)25-13-20(14-25)9-16(6-8-24(20)2)11-27-12-17-5-3-4-7-21-17/h3-5,7,10,15-16H,6,8-9,11-14H2,1-2H3. The Morgan fingerprint density at radius 3 is 2.85 bits per heavy atom. The molecule has 2 saturated heterocycles. The molecule has 144 valence electrons. The molecule has 2 aliphatic heterocycles. The van der Waals surface area contributed by atoms with Gasteiger partial charge in [0.1, 0.15) is 5.69 Å². The maximum Gasteiger partial charge on any atom is 0.274 e. The van der Waals surface area contributed by atoms with E-state index in [0.717, 1.165) is 44.8 Å². The number of ether oxygens (including phenoxy) is 1. The largest absolute Gasteiger partial charge is 0.375 e. The Labute approximate surface area is 160 Å². The van der Waals surface area contributed by atoms with Gasteiger partial charge in [0, 0.05) is 32.5 Å². The highest BCUT2D eigenvalue weighted by molar-refractivity contribution is 5.92. The van der Waals surface area contributed by atoms with E-state index in [2.05, 4.69) is 21.9 Å². The van der Waals surface area contributed by atoms with E-state index in [1.165, 1.54) is 0 Å². The van der Waals surface area contributed by atoms with Crippen LogP contribution in [0.5, 0.6) is 0 Å². The van der Waals surface area contributed by atoms with Gasteiger partial charge in [0.15, 0.2) is 0 Å². The van der Waals surface area contributed by atoms with Gasteiger partial charge in [0.2, 0.25) is 0 Å². The monoisotopic (exact) mass is 369 g/mol. The molecule has 0 N–H and O–H groups in total. The molecule has 0 aliphatic carbocycles. The van der Waals surface area contributed by atoms with E-state index in [1.807, 2.05) is 34.7 Å². The van der Waals surface area contributed by atoms with Crippen molar-refractivity contribution in [2.45, 2.75) is 25.0 Å². The van der Waals surface area contributed by atoms with E-state index in [-0.39, 0.29) is 11.4 Å². The Morgan fingerprint density at radius 1 is 1.30 bits per heavy atom. The zero-order chi connectivity index (χ0) is 18.9. The SMILES string of the molecule is CN1CCC(COCc2ccccn2)CC12CN(C(=O)c1cn(C)cn1)C2. The van der Waals surface area contributed by atoms with Crippen molar-refractivity contribution in [3.05, 3.63) is 48.3 Å². The number of hydrogen-bond donors (Lipinski definition) is 0. The highest BCUT2D eigenvalue weighted by Gasteiger charge is 2.51. The number of amides is 1. The minimum Gasteiger partial charge on any atom is -0.375 e. The molecule has 0 bridgehead atoms. The van der Waals surface area contributed by atoms with E-state index >= 15 is 0 Å². The number of pyridine rings is 1. The molecule has 2 aromatic rings. The van der Waals surface area contributed by atoms with Crippen LogP contribution in [0, 0.1) is 5.92 Å². The van der Waals surface area contributed by atoms with Gasteiger partial charge >= 0.3 is 0 Å². The summed E-state index contributed by atoms with van der Waals surface area (Å²) in [4.78, 5) is 25.4. The van der Waals surface area contributed by atoms with Crippen LogP contribution in [0.4, 0.5) is 0 Å². The minimum atomic E-state index is 0.0307. The topological polar surface area (TPSA) is 63.5 Å². The summed E-state index contributed by atoms with van der Waals surface area (Å²) in [5.41, 5.74) is 1.58. The molecule has 2 aliphatic rings. The number of piperidine rings is 1. The summed E-state index contributed by atoms with van der Waals surface area (Å²) in [5.74, 6) is 0.556. The molecule has 0 radical (unpaired) electrons. The van der Waals surface area contributed by atoms with Crippen LogP contribution >= 0.6 is 0 Å². The minimum absolute atomic E-state index is 0.0307. The lowest BCUT2D eigenvalue weighted by Crippen LogP contribution is -2.72. The first-order chi connectivity index (χ1) is 13.1. The Bertz CT molecular complexity index is 785. The van der Waals surface area contributed by atoms with Gasteiger partial charge in [-0.3, -0.25) is 14.7 Å². The molecule has 0 saturated carbocycles. The first kappa shape index (κ1) is 18.1. The highest BCUT2D eigenvalue weighted by atomic mass is 16.5. The van der Waals surface area contributed by atoms with Crippen molar-refractivity contribution < 1.29 is 9.53 Å². The van der Waals surface area contributed by atoms with Crippen molar-refractivity contribution >= 4 is 5.91 Å². The van der Waals surface area contributed by atoms with Crippen LogP contribution in [0.1, 0.15) is 29.0 Å². The number of aromatic nitrogens is 3. The number of likely N-dealkylation sites (N-methyl/N-ethyl adjacent to an activating group) is 1. The maximum absolute atomic E-state index is 12.6. The molecule has 4 rings (SSSR count). The van der Waals surface area contributed by atoms with Crippen molar-refractivity contribution in [1.29, 1.82) is 0 Å². The lowest BCUT2D eigenvalue weighted by Gasteiger charge is -2.58.